The predicted molar refractivity (Wildman–Crippen MR) is 74.8 cm³/mol. The molecule has 1 aromatic rings. The second-order valence-corrected chi connectivity index (χ2v) is 4.66. The molecule has 0 bridgehead atoms. The molecule has 0 amide bonds. The lowest BCUT2D eigenvalue weighted by Crippen LogP contribution is -2.31. The number of ether oxygens (including phenoxy) is 2. The maximum atomic E-state index is 5.69. The minimum atomic E-state index is 0.0154. The topological polar surface area (TPSA) is 74.3 Å². The van der Waals surface area contributed by atoms with E-state index < -0.39 is 0 Å². The summed E-state index contributed by atoms with van der Waals surface area (Å²) in [5, 5.41) is 4.36. The third-order valence-electron chi connectivity index (χ3n) is 3.30. The Bertz CT molecular complexity index is 368. The molecule has 110 valence electrons. The number of methoxy groups -OCH3 is 2. The summed E-state index contributed by atoms with van der Waals surface area (Å²) in [6, 6.07) is 0.0154. The smallest absolute Gasteiger partial charge is 0.161 e. The van der Waals surface area contributed by atoms with Crippen molar-refractivity contribution < 1.29 is 9.47 Å². The Labute approximate surface area is 115 Å². The first-order valence-corrected chi connectivity index (χ1v) is 6.76. The lowest BCUT2D eigenvalue weighted by atomic mass is 10.1. The van der Waals surface area contributed by atoms with Gasteiger partial charge in [-0.1, -0.05) is 6.92 Å². The van der Waals surface area contributed by atoms with E-state index in [2.05, 4.69) is 17.4 Å². The molecule has 6 heteroatoms. The Morgan fingerprint density at radius 3 is 2.68 bits per heavy atom. The monoisotopic (exact) mass is 270 g/mol. The summed E-state index contributed by atoms with van der Waals surface area (Å²) >= 11 is 0. The predicted octanol–water partition coefficient (Wildman–Crippen LogP) is 1.62. The summed E-state index contributed by atoms with van der Waals surface area (Å²) < 4.78 is 12.6. The number of rotatable bonds is 9. The zero-order valence-electron chi connectivity index (χ0n) is 12.3. The number of aromatic nitrogens is 2. The van der Waals surface area contributed by atoms with Gasteiger partial charge in [0.2, 0.25) is 0 Å². The lowest BCUT2D eigenvalue weighted by molar-refractivity contribution is 0.105. The van der Waals surface area contributed by atoms with E-state index in [1.54, 1.807) is 20.4 Å². The Hall–Kier alpha value is -1.11. The van der Waals surface area contributed by atoms with Gasteiger partial charge in [-0.05, 0) is 26.2 Å². The van der Waals surface area contributed by atoms with E-state index >= 15 is 0 Å². The molecule has 3 N–H and O–H groups in total. The standard InChI is InChI=1S/C13H26N4O2/c1-5-8-17-13(12(19-4)9-15-17)11(16-14)7-6-10(2)18-3/h9-11,16H,5-8,14H2,1-4H3. The number of hydrogen-bond acceptors (Lipinski definition) is 5. The molecule has 0 aromatic carbocycles. The molecule has 2 unspecified atom stereocenters. The number of hydrogen-bond donors (Lipinski definition) is 2. The van der Waals surface area contributed by atoms with Crippen LogP contribution in [0.5, 0.6) is 5.75 Å². The van der Waals surface area contributed by atoms with Crippen molar-refractivity contribution >= 4 is 0 Å². The van der Waals surface area contributed by atoms with Crippen LogP contribution in [0.15, 0.2) is 6.20 Å². The third-order valence-corrected chi connectivity index (χ3v) is 3.30. The fourth-order valence-corrected chi connectivity index (χ4v) is 2.09. The first-order chi connectivity index (χ1) is 9.17. The van der Waals surface area contributed by atoms with Crippen LogP contribution >= 0.6 is 0 Å². The molecule has 0 aliphatic carbocycles. The molecular formula is C13H26N4O2. The van der Waals surface area contributed by atoms with Gasteiger partial charge in [0.15, 0.2) is 5.75 Å². The summed E-state index contributed by atoms with van der Waals surface area (Å²) in [5.74, 6) is 6.47. The van der Waals surface area contributed by atoms with E-state index in [1.807, 2.05) is 11.6 Å². The van der Waals surface area contributed by atoms with Crippen LogP contribution in [-0.4, -0.2) is 30.1 Å². The zero-order valence-corrected chi connectivity index (χ0v) is 12.3. The summed E-state index contributed by atoms with van der Waals surface area (Å²) in [7, 11) is 3.37. The first kappa shape index (κ1) is 15.9. The van der Waals surface area contributed by atoms with Crippen molar-refractivity contribution in [2.75, 3.05) is 14.2 Å². The van der Waals surface area contributed by atoms with Crippen LogP contribution in [0.2, 0.25) is 0 Å². The van der Waals surface area contributed by atoms with Crippen molar-refractivity contribution in [1.82, 2.24) is 15.2 Å². The molecule has 0 saturated carbocycles. The molecule has 1 rings (SSSR count). The van der Waals surface area contributed by atoms with Crippen molar-refractivity contribution in [1.29, 1.82) is 0 Å². The summed E-state index contributed by atoms with van der Waals surface area (Å²) in [4.78, 5) is 0. The van der Waals surface area contributed by atoms with Crippen molar-refractivity contribution in [2.45, 2.75) is 51.8 Å². The normalized spacial score (nSPS) is 14.4. The van der Waals surface area contributed by atoms with Crippen LogP contribution in [0.25, 0.3) is 0 Å². The number of nitrogens with two attached hydrogens (primary N) is 1. The molecule has 1 heterocycles. The summed E-state index contributed by atoms with van der Waals surface area (Å²) in [5.41, 5.74) is 3.87. The highest BCUT2D eigenvalue weighted by Crippen LogP contribution is 2.28. The van der Waals surface area contributed by atoms with Gasteiger partial charge in [-0.2, -0.15) is 5.10 Å². The van der Waals surface area contributed by atoms with Crippen molar-refractivity contribution in [2.24, 2.45) is 5.84 Å². The van der Waals surface area contributed by atoms with E-state index in [4.69, 9.17) is 15.3 Å². The number of nitrogens with zero attached hydrogens (tertiary/aromatic N) is 2. The van der Waals surface area contributed by atoms with E-state index in [9.17, 15) is 0 Å². The van der Waals surface area contributed by atoms with Crippen molar-refractivity contribution in [3.63, 3.8) is 0 Å². The average molecular weight is 270 g/mol. The maximum absolute atomic E-state index is 5.69. The molecule has 19 heavy (non-hydrogen) atoms. The second-order valence-electron chi connectivity index (χ2n) is 4.66. The molecule has 0 aliphatic rings. The quantitative estimate of drug-likeness (QED) is 0.527. The van der Waals surface area contributed by atoms with Gasteiger partial charge in [-0.15, -0.1) is 0 Å². The Balaban J connectivity index is 2.85. The van der Waals surface area contributed by atoms with E-state index in [0.29, 0.717) is 0 Å². The minimum Gasteiger partial charge on any atom is -0.493 e. The van der Waals surface area contributed by atoms with Crippen LogP contribution < -0.4 is 16.0 Å². The zero-order chi connectivity index (χ0) is 14.3. The summed E-state index contributed by atoms with van der Waals surface area (Å²) in [6.07, 6.45) is 4.77. The molecular weight excluding hydrogens is 244 g/mol. The van der Waals surface area contributed by atoms with Gasteiger partial charge in [-0.3, -0.25) is 16.0 Å². The Morgan fingerprint density at radius 1 is 1.42 bits per heavy atom. The molecule has 0 fully saturated rings. The van der Waals surface area contributed by atoms with Gasteiger partial charge in [0, 0.05) is 13.7 Å². The van der Waals surface area contributed by atoms with E-state index in [-0.39, 0.29) is 12.1 Å². The SMILES string of the molecule is CCCn1ncc(OC)c1C(CCC(C)OC)NN. The largest absolute Gasteiger partial charge is 0.493 e. The lowest BCUT2D eigenvalue weighted by Gasteiger charge is -2.20. The van der Waals surface area contributed by atoms with Gasteiger partial charge in [0.25, 0.3) is 0 Å². The van der Waals surface area contributed by atoms with Gasteiger partial charge < -0.3 is 9.47 Å². The molecule has 0 radical (unpaired) electrons. The van der Waals surface area contributed by atoms with Gasteiger partial charge >= 0.3 is 0 Å². The van der Waals surface area contributed by atoms with Crippen LogP contribution in [0.3, 0.4) is 0 Å². The number of nitrogens with one attached hydrogen (secondary N) is 1. The van der Waals surface area contributed by atoms with E-state index in [1.165, 1.54) is 0 Å². The van der Waals surface area contributed by atoms with Crippen LogP contribution in [-0.2, 0) is 11.3 Å². The van der Waals surface area contributed by atoms with Crippen LogP contribution in [0.4, 0.5) is 0 Å². The summed E-state index contributed by atoms with van der Waals surface area (Å²) in [6.45, 7) is 5.03. The first-order valence-electron chi connectivity index (χ1n) is 6.76. The highest BCUT2D eigenvalue weighted by molar-refractivity contribution is 5.28. The number of aryl methyl sites for hydroxylation is 1. The Morgan fingerprint density at radius 2 is 2.16 bits per heavy atom. The van der Waals surface area contributed by atoms with Crippen molar-refractivity contribution in [3.8, 4) is 5.75 Å². The average Bonchev–Trinajstić information content (AvgIpc) is 2.83. The van der Waals surface area contributed by atoms with Gasteiger partial charge in [0.05, 0.1) is 31.1 Å². The third kappa shape index (κ3) is 4.19. The highest BCUT2D eigenvalue weighted by atomic mass is 16.5. The van der Waals surface area contributed by atoms with Gasteiger partial charge in [-0.25, -0.2) is 0 Å². The van der Waals surface area contributed by atoms with Gasteiger partial charge in [0.1, 0.15) is 0 Å². The number of hydrazine groups is 1. The highest BCUT2D eigenvalue weighted by Gasteiger charge is 2.21. The molecule has 0 saturated heterocycles. The van der Waals surface area contributed by atoms with E-state index in [0.717, 1.165) is 37.3 Å². The van der Waals surface area contributed by atoms with Crippen LogP contribution in [0.1, 0.15) is 44.8 Å². The van der Waals surface area contributed by atoms with Crippen molar-refractivity contribution in [3.05, 3.63) is 11.9 Å². The molecule has 2 atom stereocenters. The molecule has 6 nitrogen and oxygen atoms in total. The second kappa shape index (κ2) is 8.14. The van der Waals surface area contributed by atoms with Crippen LogP contribution in [0, 0.1) is 0 Å². The molecule has 0 spiro atoms. The maximum Gasteiger partial charge on any atom is 0.161 e. The fraction of sp³-hybridized carbons (Fsp3) is 0.769. The minimum absolute atomic E-state index is 0.0154. The fourth-order valence-electron chi connectivity index (χ4n) is 2.09. The Kier molecular flexibility index (Phi) is 6.83. The molecule has 0 aliphatic heterocycles. The molecule has 1 aromatic heterocycles.